The van der Waals surface area contributed by atoms with Crippen LogP contribution in [0.25, 0.3) is 0 Å². The second-order valence-electron chi connectivity index (χ2n) is 2.73. The van der Waals surface area contributed by atoms with E-state index < -0.39 is 0 Å². The van der Waals surface area contributed by atoms with Gasteiger partial charge in [0, 0.05) is 6.54 Å². The van der Waals surface area contributed by atoms with E-state index in [4.69, 9.17) is 0 Å². The van der Waals surface area contributed by atoms with Crippen LogP contribution in [0.2, 0.25) is 0 Å². The highest BCUT2D eigenvalue weighted by Crippen LogP contribution is 2.12. The Bertz CT molecular complexity index is 166. The van der Waals surface area contributed by atoms with Gasteiger partial charge in [0.2, 0.25) is 0 Å². The van der Waals surface area contributed by atoms with Crippen LogP contribution in [0.5, 0.6) is 0 Å². The minimum absolute atomic E-state index is 1.07. The molecule has 0 aromatic heterocycles. The van der Waals surface area contributed by atoms with Gasteiger partial charge < -0.3 is 5.32 Å². The molecule has 1 rings (SSSR count). The van der Waals surface area contributed by atoms with Crippen LogP contribution < -0.4 is 5.32 Å². The van der Waals surface area contributed by atoms with Crippen molar-refractivity contribution in [3.05, 3.63) is 23.3 Å². The fraction of sp³-hybridized carbons (Fsp3) is 0.636. The average molecular weight is 167 g/mol. The fourth-order valence-corrected chi connectivity index (χ4v) is 1.25. The van der Waals surface area contributed by atoms with Crippen molar-refractivity contribution < 1.29 is 0 Å². The molecule has 12 heavy (non-hydrogen) atoms. The second-order valence-corrected chi connectivity index (χ2v) is 2.73. The van der Waals surface area contributed by atoms with Crippen molar-refractivity contribution in [1.82, 2.24) is 5.32 Å². The number of allylic oxidation sites excluding steroid dienone is 2. The molecule has 1 N–H and O–H groups in total. The highest BCUT2D eigenvalue weighted by atomic mass is 14.9. The van der Waals surface area contributed by atoms with Crippen LogP contribution >= 0.6 is 0 Å². The second kappa shape index (κ2) is 7.11. The number of nitrogens with one attached hydrogen (secondary N) is 1. The van der Waals surface area contributed by atoms with Crippen LogP contribution in [0.1, 0.15) is 34.1 Å². The van der Waals surface area contributed by atoms with Crippen LogP contribution in [0.3, 0.4) is 0 Å². The summed E-state index contributed by atoms with van der Waals surface area (Å²) >= 11 is 0. The summed E-state index contributed by atoms with van der Waals surface area (Å²) in [6.45, 7) is 10.5. The zero-order valence-electron chi connectivity index (χ0n) is 8.78. The van der Waals surface area contributed by atoms with E-state index in [1.54, 1.807) is 0 Å². The van der Waals surface area contributed by atoms with Crippen LogP contribution in [0.15, 0.2) is 23.3 Å². The molecule has 1 heterocycles. The van der Waals surface area contributed by atoms with Gasteiger partial charge in [0.1, 0.15) is 0 Å². The van der Waals surface area contributed by atoms with Crippen molar-refractivity contribution in [2.45, 2.75) is 34.1 Å². The van der Waals surface area contributed by atoms with Gasteiger partial charge in [-0.25, -0.2) is 0 Å². The van der Waals surface area contributed by atoms with E-state index in [2.05, 4.69) is 31.3 Å². The summed E-state index contributed by atoms with van der Waals surface area (Å²) in [5.41, 5.74) is 3.01. The van der Waals surface area contributed by atoms with Crippen LogP contribution in [0.4, 0.5) is 0 Å². The van der Waals surface area contributed by atoms with E-state index in [0.29, 0.717) is 0 Å². The molecule has 0 unspecified atom stereocenters. The van der Waals surface area contributed by atoms with E-state index in [9.17, 15) is 0 Å². The number of hydrogen-bond donors (Lipinski definition) is 1. The third kappa shape index (κ3) is 3.72. The summed E-state index contributed by atoms with van der Waals surface area (Å²) in [5, 5.41) is 3.33. The SMILES string of the molecule is C/C=C\C1=C(C)CNCC1.CC. The smallest absolute Gasteiger partial charge is 0.0167 e. The molecule has 0 saturated heterocycles. The molecule has 1 aliphatic rings. The van der Waals surface area contributed by atoms with Crippen molar-refractivity contribution in [2.24, 2.45) is 0 Å². The Hall–Kier alpha value is -0.560. The summed E-state index contributed by atoms with van der Waals surface area (Å²) in [5.74, 6) is 0. The van der Waals surface area contributed by atoms with Gasteiger partial charge in [0.25, 0.3) is 0 Å². The lowest BCUT2D eigenvalue weighted by atomic mass is 10.0. The Morgan fingerprint density at radius 2 is 2.00 bits per heavy atom. The zero-order chi connectivity index (χ0) is 9.40. The van der Waals surface area contributed by atoms with Gasteiger partial charge in [0.15, 0.2) is 0 Å². The molecule has 0 aromatic carbocycles. The summed E-state index contributed by atoms with van der Waals surface area (Å²) < 4.78 is 0. The van der Waals surface area contributed by atoms with Gasteiger partial charge in [-0.2, -0.15) is 0 Å². The minimum Gasteiger partial charge on any atom is -0.313 e. The van der Waals surface area contributed by atoms with E-state index in [1.165, 1.54) is 17.6 Å². The fourth-order valence-electron chi connectivity index (χ4n) is 1.25. The first-order valence-electron chi connectivity index (χ1n) is 4.86. The van der Waals surface area contributed by atoms with Gasteiger partial charge in [-0.1, -0.05) is 31.6 Å². The molecule has 1 aliphatic heterocycles. The maximum atomic E-state index is 3.33. The van der Waals surface area contributed by atoms with Crippen molar-refractivity contribution in [3.63, 3.8) is 0 Å². The van der Waals surface area contributed by atoms with Crippen LogP contribution in [0, 0.1) is 0 Å². The lowest BCUT2D eigenvalue weighted by molar-refractivity contribution is 0.686. The summed E-state index contributed by atoms with van der Waals surface area (Å²) in [6.07, 6.45) is 5.52. The maximum absolute atomic E-state index is 3.33. The first-order valence-corrected chi connectivity index (χ1v) is 4.86. The third-order valence-electron chi connectivity index (χ3n) is 1.88. The van der Waals surface area contributed by atoms with E-state index >= 15 is 0 Å². The molecule has 0 spiro atoms. The van der Waals surface area contributed by atoms with Crippen LogP contribution in [-0.2, 0) is 0 Å². The number of rotatable bonds is 1. The highest BCUT2D eigenvalue weighted by molar-refractivity contribution is 5.27. The topological polar surface area (TPSA) is 12.0 Å². The average Bonchev–Trinajstić information content (AvgIpc) is 2.13. The zero-order valence-corrected chi connectivity index (χ0v) is 8.78. The lowest BCUT2D eigenvalue weighted by Crippen LogP contribution is -2.23. The first kappa shape index (κ1) is 11.4. The Morgan fingerprint density at radius 3 is 2.50 bits per heavy atom. The molecule has 70 valence electrons. The standard InChI is InChI=1S/C9H15N.C2H6/c1-3-4-9-5-6-10-7-8(9)2;1-2/h3-4,10H,5-7H2,1-2H3;1-2H3/b4-3-;. The molecule has 0 fully saturated rings. The Labute approximate surface area is 76.6 Å². The molecular weight excluding hydrogens is 146 g/mol. The van der Waals surface area contributed by atoms with Crippen LogP contribution in [-0.4, -0.2) is 13.1 Å². The molecule has 0 aliphatic carbocycles. The first-order chi connectivity index (χ1) is 5.84. The summed E-state index contributed by atoms with van der Waals surface area (Å²) in [7, 11) is 0. The Kier molecular flexibility index (Phi) is 6.78. The molecular formula is C11H21N. The quantitative estimate of drug-likeness (QED) is 0.633. The van der Waals surface area contributed by atoms with Gasteiger partial charge >= 0.3 is 0 Å². The third-order valence-corrected chi connectivity index (χ3v) is 1.88. The molecule has 0 bridgehead atoms. The predicted octanol–water partition coefficient (Wildman–Crippen LogP) is 2.90. The Morgan fingerprint density at radius 1 is 1.33 bits per heavy atom. The molecule has 1 heteroatoms. The van der Waals surface area contributed by atoms with Gasteiger partial charge in [-0.3, -0.25) is 0 Å². The minimum atomic E-state index is 1.07. The maximum Gasteiger partial charge on any atom is 0.0167 e. The normalized spacial score (nSPS) is 17.7. The molecule has 0 amide bonds. The number of hydrogen-bond acceptors (Lipinski definition) is 1. The predicted molar refractivity (Wildman–Crippen MR) is 56.3 cm³/mol. The molecule has 0 saturated carbocycles. The monoisotopic (exact) mass is 167 g/mol. The van der Waals surface area contributed by atoms with E-state index in [1.807, 2.05) is 13.8 Å². The summed E-state index contributed by atoms with van der Waals surface area (Å²) in [4.78, 5) is 0. The van der Waals surface area contributed by atoms with E-state index in [0.717, 1.165) is 13.1 Å². The summed E-state index contributed by atoms with van der Waals surface area (Å²) in [6, 6.07) is 0. The van der Waals surface area contributed by atoms with Crippen molar-refractivity contribution in [2.75, 3.05) is 13.1 Å². The highest BCUT2D eigenvalue weighted by Gasteiger charge is 2.03. The van der Waals surface area contributed by atoms with E-state index in [-0.39, 0.29) is 0 Å². The van der Waals surface area contributed by atoms with Crippen molar-refractivity contribution in [3.8, 4) is 0 Å². The molecule has 0 radical (unpaired) electrons. The van der Waals surface area contributed by atoms with Crippen molar-refractivity contribution in [1.29, 1.82) is 0 Å². The van der Waals surface area contributed by atoms with Gasteiger partial charge in [-0.05, 0) is 32.4 Å². The molecule has 1 nitrogen and oxygen atoms in total. The van der Waals surface area contributed by atoms with Gasteiger partial charge in [0.05, 0.1) is 0 Å². The van der Waals surface area contributed by atoms with Gasteiger partial charge in [-0.15, -0.1) is 0 Å². The molecule has 0 aromatic rings. The molecule has 0 atom stereocenters. The van der Waals surface area contributed by atoms with Crippen molar-refractivity contribution >= 4 is 0 Å². The lowest BCUT2D eigenvalue weighted by Gasteiger charge is -2.15. The largest absolute Gasteiger partial charge is 0.313 e. The Balaban J connectivity index is 0.000000561.